The fourth-order valence-corrected chi connectivity index (χ4v) is 10.3. The van der Waals surface area contributed by atoms with E-state index < -0.39 is 98.5 Å². The van der Waals surface area contributed by atoms with Crippen molar-refractivity contribution in [3.63, 3.8) is 0 Å². The van der Waals surface area contributed by atoms with Crippen molar-refractivity contribution in [3.05, 3.63) is 189 Å². The van der Waals surface area contributed by atoms with E-state index >= 15 is 0 Å². The number of pyridine rings is 4. The minimum absolute atomic E-state index is 0.0472. The van der Waals surface area contributed by atoms with E-state index in [9.17, 15) is 83.9 Å². The van der Waals surface area contributed by atoms with E-state index in [-0.39, 0.29) is 87.8 Å². The Morgan fingerprint density at radius 1 is 0.577 bits per heavy atom. The van der Waals surface area contributed by atoms with Gasteiger partial charge in [0.2, 0.25) is 5.91 Å². The third-order valence-electron chi connectivity index (χ3n) is 15.2. The second-order valence-corrected chi connectivity index (χ2v) is 22.9. The molecular weight excluding hydrogens is 1450 g/mol. The van der Waals surface area contributed by atoms with Gasteiger partial charge in [-0.1, -0.05) is 28.1 Å². The number of carboxylic acids is 1. The van der Waals surface area contributed by atoms with Crippen LogP contribution in [0.5, 0.6) is 0 Å². The Hall–Kier alpha value is -12.3. The lowest BCUT2D eigenvalue weighted by molar-refractivity contribution is -0.143. The first kappa shape index (κ1) is 79.1. The number of fused-ring (bicyclic) bond motifs is 4. The average Bonchev–Trinajstić information content (AvgIpc) is 1.63. The lowest BCUT2D eigenvalue weighted by atomic mass is 10.00. The number of aliphatic imine (C=N–C) groups is 4. The Labute approximate surface area is 588 Å². The molecule has 8 aromatic heterocycles. The summed E-state index contributed by atoms with van der Waals surface area (Å²) in [4.78, 5) is 177. The van der Waals surface area contributed by atoms with Crippen LogP contribution in [0.1, 0.15) is 95.6 Å². The zero-order valence-electron chi connectivity index (χ0n) is 56.0. The number of nitrogens with one attached hydrogen (secondary N) is 5. The van der Waals surface area contributed by atoms with Crippen LogP contribution in [0.3, 0.4) is 0 Å². The number of ether oxygens (including phenoxy) is 2. The zero-order valence-corrected chi connectivity index (χ0v) is 57.6. The van der Waals surface area contributed by atoms with Gasteiger partial charge in [0, 0.05) is 119 Å². The smallest absolute Gasteiger partial charge is 0.418 e. The molecule has 4 aliphatic heterocycles. The summed E-state index contributed by atoms with van der Waals surface area (Å²) in [5, 5.41) is 11.5. The minimum Gasteiger partial charge on any atom is -0.481 e. The molecule has 3 atom stereocenters. The molecule has 0 aliphatic carbocycles. The van der Waals surface area contributed by atoms with Gasteiger partial charge in [0.15, 0.2) is 0 Å². The van der Waals surface area contributed by atoms with Crippen molar-refractivity contribution < 1.29 is 60.1 Å². The van der Waals surface area contributed by atoms with Crippen LogP contribution in [0.4, 0.5) is 61.2 Å². The van der Waals surface area contributed by atoms with Crippen LogP contribution in [0, 0.1) is 13.8 Å². The molecule has 1 amide bonds. The number of carbonyl (C=O) groups is 4. The van der Waals surface area contributed by atoms with E-state index in [1.54, 1.807) is 45.3 Å². The van der Waals surface area contributed by atoms with E-state index in [1.165, 1.54) is 102 Å². The Morgan fingerprint density at radius 3 is 1.39 bits per heavy atom. The van der Waals surface area contributed by atoms with Gasteiger partial charge in [-0.2, -0.15) is 26.3 Å². The van der Waals surface area contributed by atoms with Gasteiger partial charge >= 0.3 is 53.0 Å². The molecule has 12 rings (SSSR count). The molecule has 8 aromatic rings. The number of carboxylic acid groups (broad SMARTS) is 1. The number of aromatic nitrogens is 12. The number of rotatable bonds is 12. The van der Waals surface area contributed by atoms with Crippen molar-refractivity contribution in [2.75, 3.05) is 29.6 Å². The molecule has 0 saturated carbocycles. The van der Waals surface area contributed by atoms with E-state index in [4.69, 9.17) is 15.6 Å². The largest absolute Gasteiger partial charge is 0.481 e. The number of esters is 2. The highest BCUT2D eigenvalue weighted by atomic mass is 79.9. The number of amides is 1. The molecule has 3 unspecified atom stereocenters. The minimum atomic E-state index is -4.56. The Bertz CT molecular complexity index is 5280. The predicted octanol–water partition coefficient (Wildman–Crippen LogP) is 5.19. The third kappa shape index (κ3) is 19.4. The van der Waals surface area contributed by atoms with Gasteiger partial charge in [-0.15, -0.1) is 0 Å². The molecule has 0 aromatic carbocycles. The number of hydrogen-bond acceptors (Lipinski definition) is 23. The van der Waals surface area contributed by atoms with E-state index in [1.807, 2.05) is 0 Å². The monoisotopic (exact) mass is 1520 g/mol. The van der Waals surface area contributed by atoms with Crippen molar-refractivity contribution in [3.8, 4) is 22.5 Å². The van der Waals surface area contributed by atoms with Crippen LogP contribution < -0.4 is 56.0 Å². The quantitative estimate of drug-likeness (QED) is 0.0470. The Morgan fingerprint density at radius 2 is 0.981 bits per heavy atom. The van der Waals surface area contributed by atoms with Gasteiger partial charge in [-0.3, -0.25) is 86.5 Å². The van der Waals surface area contributed by atoms with E-state index in [0.29, 0.717) is 59.0 Å². The number of anilines is 2. The SMILES string of the molecule is CCOC(=O)CBr.CCOC(=O)CC1C=Nc2c1c(=O)[nH]c(=O)n2C.Cc1ncc(-c2cccc(N)n2)cc1C(F)(F)F.Cc1ncc(-c2cccc(NC(=O)CC3C=Nc4c3c(=O)[nH]c(=O)n4C)n2)cc1C(F)(F)F.Cn1c2c(c(=O)[nH]c1=O)C(CC(=O)O)C=N2.Cn1c2c(c(=O)[nH]c1=O)CC=N2. The third-order valence-corrected chi connectivity index (χ3v) is 15.7. The molecule has 4 aliphatic rings. The topological polar surface area (TPSA) is 465 Å². The first-order valence-electron chi connectivity index (χ1n) is 30.6. The van der Waals surface area contributed by atoms with E-state index in [2.05, 4.69) is 85.8 Å². The van der Waals surface area contributed by atoms with Gasteiger partial charge in [-0.05, 0) is 64.1 Å². The first-order valence-corrected chi connectivity index (χ1v) is 31.7. The Balaban J connectivity index is 0.000000185. The fourth-order valence-electron chi connectivity index (χ4n) is 10.1. The molecule has 548 valence electrons. The molecule has 12 heterocycles. The normalized spacial score (nSPS) is 14.4. The van der Waals surface area contributed by atoms with Crippen molar-refractivity contribution >= 4 is 99.5 Å². The number of nitrogens with two attached hydrogens (primary N) is 1. The zero-order chi connectivity index (χ0) is 76.8. The van der Waals surface area contributed by atoms with Crippen LogP contribution in [0.2, 0.25) is 0 Å². The fraction of sp³-hybridized carbons (Fsp3) is 0.312. The maximum Gasteiger partial charge on any atom is 0.418 e. The maximum absolute atomic E-state index is 13.2. The summed E-state index contributed by atoms with van der Waals surface area (Å²) in [5.74, 6) is -2.18. The van der Waals surface area contributed by atoms with Gasteiger partial charge in [0.1, 0.15) is 40.2 Å². The number of nitrogen functional groups attached to an aromatic ring is 1. The Kier molecular flexibility index (Phi) is 25.8. The molecule has 8 N–H and O–H groups in total. The van der Waals surface area contributed by atoms with Crippen LogP contribution in [-0.2, 0) is 75.6 Å². The summed E-state index contributed by atoms with van der Waals surface area (Å²) >= 11 is 2.94. The van der Waals surface area contributed by atoms with Crippen molar-refractivity contribution in [2.45, 2.75) is 83.5 Å². The van der Waals surface area contributed by atoms with Gasteiger partial charge in [0.05, 0.1) is 70.8 Å². The average molecular weight is 1520 g/mol. The summed E-state index contributed by atoms with van der Waals surface area (Å²) in [5.41, 5.74) is 1.90. The molecule has 0 spiro atoms. The number of aliphatic carboxylic acids is 1. The second kappa shape index (κ2) is 33.9. The van der Waals surface area contributed by atoms with E-state index in [0.717, 1.165) is 12.1 Å². The molecular formula is C64H63BrF6N18O15. The van der Waals surface area contributed by atoms with Crippen LogP contribution in [0.15, 0.2) is 119 Å². The van der Waals surface area contributed by atoms with Crippen LogP contribution in [0.25, 0.3) is 22.5 Å². The predicted molar refractivity (Wildman–Crippen MR) is 370 cm³/mol. The number of aromatic amines is 4. The highest BCUT2D eigenvalue weighted by molar-refractivity contribution is 9.09. The molecule has 0 radical (unpaired) electrons. The summed E-state index contributed by atoms with van der Waals surface area (Å²) in [6.07, 6.45) is -0.223. The number of alkyl halides is 7. The number of hydrogen-bond donors (Lipinski definition) is 7. The molecule has 33 nitrogen and oxygen atoms in total. The molecule has 0 bridgehead atoms. The van der Waals surface area contributed by atoms with Crippen molar-refractivity contribution in [2.24, 2.45) is 48.2 Å². The maximum atomic E-state index is 13.2. The van der Waals surface area contributed by atoms with Crippen molar-refractivity contribution in [1.29, 1.82) is 0 Å². The number of aryl methyl sites for hydroxylation is 2. The molecule has 0 fully saturated rings. The standard InChI is InChI=1S/C21H17F3N6O3.C12H10F3N3.C11H13N3O4.C9H9N3O4.C7H7N3O2.C4H7BrO2/c1-10-13(21(22,23)24)6-11(8-25-10)14-4-3-5-15(27-14)28-16(31)7-12-9-26-18-17(12)19(32)29-20(33)30(18)2;1-7-9(12(13,14)15)5-8(6-17-7)10-3-2-4-11(16)18-10;1-3-18-7(15)4-6-5-12-9-8(6)10(16)13-11(17)14(9)2;1-12-7-6(8(15)11-9(12)16)4(3-10-7)2-5(13)14;1-10-5-4(2-3-8-5)6(11)9-7(10)12;1-2-7-4(6)3-5/h3-6,8-9,12H,7H2,1-2H3,(H,27,28,31)(H,29,32,33);2-6H,1H3,(H2,16,18);5-6H,3-4H2,1-2H3,(H,13,16,17);3-4H,2H2,1H3,(H,13,14)(H,11,15,16);3H,2H2,1H3,(H,9,11,12);2-3H2,1H3. The summed E-state index contributed by atoms with van der Waals surface area (Å²) in [7, 11) is 6.02. The molecule has 104 heavy (non-hydrogen) atoms. The van der Waals surface area contributed by atoms with Gasteiger partial charge in [0.25, 0.3) is 22.2 Å². The second-order valence-electron chi connectivity index (χ2n) is 22.3. The summed E-state index contributed by atoms with van der Waals surface area (Å²) < 4.78 is 92.1. The number of carbonyl (C=O) groups excluding carboxylic acids is 3. The van der Waals surface area contributed by atoms with Crippen molar-refractivity contribution in [1.82, 2.24) is 58.1 Å². The van der Waals surface area contributed by atoms with Gasteiger partial charge < -0.3 is 25.6 Å². The first-order chi connectivity index (χ1) is 49.0. The highest BCUT2D eigenvalue weighted by Gasteiger charge is 2.36. The number of halogens is 7. The molecule has 40 heteroatoms. The van der Waals surface area contributed by atoms with Crippen LogP contribution in [-0.4, -0.2) is 130 Å². The lowest BCUT2D eigenvalue weighted by Crippen LogP contribution is -2.31. The number of nitrogens with zero attached hydrogens (tertiary/aromatic N) is 12. The lowest BCUT2D eigenvalue weighted by Gasteiger charge is -2.12. The highest BCUT2D eigenvalue weighted by Crippen LogP contribution is 2.36. The number of H-pyrrole nitrogens is 4. The summed E-state index contributed by atoms with van der Waals surface area (Å²) in [6, 6.07) is 11.3. The van der Waals surface area contributed by atoms with Gasteiger partial charge in [-0.25, -0.2) is 49.1 Å². The molecule has 0 saturated heterocycles. The van der Waals surface area contributed by atoms with Crippen LogP contribution >= 0.6 is 15.9 Å². The summed E-state index contributed by atoms with van der Waals surface area (Å²) in [6.45, 7) is 6.83.